The number of rotatable bonds is 6. The summed E-state index contributed by atoms with van der Waals surface area (Å²) < 4.78 is 4.80. The number of H-pyrrole nitrogens is 1. The van der Waals surface area contributed by atoms with Crippen LogP contribution in [0.15, 0.2) is 76.3 Å². The smallest absolute Gasteiger partial charge is 0.333 e. The molecule has 5 rings (SSSR count). The van der Waals surface area contributed by atoms with Gasteiger partial charge in [-0.3, -0.25) is 14.7 Å². The third kappa shape index (κ3) is 4.87. The summed E-state index contributed by atoms with van der Waals surface area (Å²) in [4.78, 5) is 37.3. The molecule has 1 N–H and O–H groups in total. The number of pyridine rings is 1. The third-order valence-electron chi connectivity index (χ3n) is 6.83. The number of aromatic nitrogens is 3. The fraction of sp³-hybridized carbons (Fsp3) is 0.385. The minimum Gasteiger partial charge on any atom is -0.333 e. The van der Waals surface area contributed by atoms with E-state index in [4.69, 9.17) is 4.52 Å². The van der Waals surface area contributed by atoms with Crippen LogP contribution in [0.4, 0.5) is 0 Å². The predicted molar refractivity (Wildman–Crippen MR) is 127 cm³/mol. The van der Waals surface area contributed by atoms with Crippen molar-refractivity contribution in [3.8, 4) is 0 Å². The molecule has 0 bridgehead atoms. The van der Waals surface area contributed by atoms with Crippen LogP contribution in [-0.2, 0) is 6.42 Å². The summed E-state index contributed by atoms with van der Waals surface area (Å²) in [7, 11) is 0. The lowest BCUT2D eigenvalue weighted by atomic mass is 9.83. The number of amides is 1. The number of nitrogens with one attached hydrogen (secondary N) is 1. The fourth-order valence-electron chi connectivity index (χ4n) is 5.28. The molecule has 2 aromatic heterocycles. The Morgan fingerprint density at radius 2 is 2.06 bits per heavy atom. The van der Waals surface area contributed by atoms with Gasteiger partial charge in [-0.25, -0.2) is 9.95 Å². The summed E-state index contributed by atoms with van der Waals surface area (Å²) in [5, 5.41) is 2.61. The van der Waals surface area contributed by atoms with Crippen LogP contribution in [0.1, 0.15) is 47.1 Å². The van der Waals surface area contributed by atoms with E-state index in [0.29, 0.717) is 36.8 Å². The highest BCUT2D eigenvalue weighted by Gasteiger charge is 2.37. The molecule has 34 heavy (non-hydrogen) atoms. The van der Waals surface area contributed by atoms with Crippen molar-refractivity contribution in [3.63, 3.8) is 0 Å². The van der Waals surface area contributed by atoms with Crippen molar-refractivity contribution in [2.24, 2.45) is 5.92 Å². The lowest BCUT2D eigenvalue weighted by Crippen LogP contribution is -2.57. The van der Waals surface area contributed by atoms with Crippen molar-refractivity contribution in [2.75, 3.05) is 19.6 Å². The molecule has 8 nitrogen and oxygen atoms in total. The maximum absolute atomic E-state index is 13.4. The number of hydrogen-bond acceptors (Lipinski definition) is 6. The molecule has 176 valence electrons. The average Bonchev–Trinajstić information content (AvgIpc) is 3.30. The van der Waals surface area contributed by atoms with Crippen LogP contribution in [0.3, 0.4) is 0 Å². The van der Waals surface area contributed by atoms with Crippen LogP contribution in [0.25, 0.3) is 0 Å². The Hall–Kier alpha value is -3.52. The third-order valence-corrected chi connectivity index (χ3v) is 6.83. The molecule has 1 saturated heterocycles. The predicted octanol–water partition coefficient (Wildman–Crippen LogP) is 3.22. The molecule has 3 atom stereocenters. The topological polar surface area (TPSA) is 95.3 Å². The van der Waals surface area contributed by atoms with E-state index < -0.39 is 5.76 Å². The molecule has 2 aliphatic rings. The van der Waals surface area contributed by atoms with Gasteiger partial charge >= 0.3 is 5.76 Å². The summed E-state index contributed by atoms with van der Waals surface area (Å²) in [5.74, 6) is 0.165. The first-order chi connectivity index (χ1) is 16.7. The molecule has 3 aromatic rings. The van der Waals surface area contributed by atoms with Gasteiger partial charge in [0.25, 0.3) is 5.91 Å². The van der Waals surface area contributed by atoms with Gasteiger partial charge in [0.05, 0.1) is 11.6 Å². The van der Waals surface area contributed by atoms with Gasteiger partial charge in [0.1, 0.15) is 5.82 Å². The van der Waals surface area contributed by atoms with Gasteiger partial charge < -0.3 is 9.42 Å². The maximum atomic E-state index is 13.4. The molecule has 8 heteroatoms. The minimum atomic E-state index is -0.651. The number of aromatic amines is 1. The van der Waals surface area contributed by atoms with Crippen molar-refractivity contribution in [1.29, 1.82) is 0 Å². The van der Waals surface area contributed by atoms with Crippen molar-refractivity contribution in [3.05, 3.63) is 94.5 Å². The van der Waals surface area contributed by atoms with Crippen molar-refractivity contribution < 1.29 is 9.32 Å². The van der Waals surface area contributed by atoms with Crippen molar-refractivity contribution in [2.45, 2.75) is 37.8 Å². The van der Waals surface area contributed by atoms with E-state index in [9.17, 15) is 9.59 Å². The first kappa shape index (κ1) is 22.3. The summed E-state index contributed by atoms with van der Waals surface area (Å²) in [5.41, 5.74) is 1.85. The Morgan fingerprint density at radius 3 is 2.76 bits per heavy atom. The van der Waals surface area contributed by atoms with E-state index in [1.165, 1.54) is 12.0 Å². The van der Waals surface area contributed by atoms with Crippen LogP contribution in [0, 0.1) is 5.92 Å². The zero-order chi connectivity index (χ0) is 23.3. The first-order valence-corrected chi connectivity index (χ1v) is 11.9. The first-order valence-electron chi connectivity index (χ1n) is 11.9. The van der Waals surface area contributed by atoms with Crippen LogP contribution < -0.4 is 5.76 Å². The van der Waals surface area contributed by atoms with Crippen LogP contribution >= 0.6 is 0 Å². The second-order valence-electron chi connectivity index (χ2n) is 9.00. The zero-order valence-corrected chi connectivity index (χ0v) is 19.0. The number of benzene rings is 1. The molecule has 1 aliphatic carbocycles. The Labute approximate surface area is 198 Å². The van der Waals surface area contributed by atoms with Crippen molar-refractivity contribution in [1.82, 2.24) is 24.9 Å². The Bertz CT molecular complexity index is 1170. The lowest BCUT2D eigenvalue weighted by Gasteiger charge is -2.46. The monoisotopic (exact) mass is 459 g/mol. The highest BCUT2D eigenvalue weighted by atomic mass is 16.5. The van der Waals surface area contributed by atoms with Crippen LogP contribution in [-0.4, -0.2) is 56.5 Å². The molecule has 2 unspecified atom stereocenters. The summed E-state index contributed by atoms with van der Waals surface area (Å²) >= 11 is 0. The Balaban J connectivity index is 1.45. The molecule has 1 aromatic carbocycles. The molecule has 1 aliphatic heterocycles. The fourth-order valence-corrected chi connectivity index (χ4v) is 5.28. The molecule has 1 fully saturated rings. The van der Waals surface area contributed by atoms with E-state index >= 15 is 0 Å². The summed E-state index contributed by atoms with van der Waals surface area (Å²) in [6, 6.07) is 14.3. The maximum Gasteiger partial charge on any atom is 0.459 e. The standard InChI is InChI=1S/C26H29N5O3/c32-25(21-12-7-13-27-17-21)31-15-14-30(18-22(31)16-23-28-26(33)34-29-23)24(19-8-3-1-4-9-19)20-10-5-2-6-11-20/h1,3-5,7-10,12-13,17,20,22,24H,2,6,11,14-16,18H2,(H,28,29,33)/t20?,22-,24?/m0/s1. The number of nitrogens with zero attached hydrogens (tertiary/aromatic N) is 4. The average molecular weight is 460 g/mol. The van der Waals surface area contributed by atoms with Crippen LogP contribution in [0.5, 0.6) is 0 Å². The molecule has 3 heterocycles. The number of hydrogen-bond donors (Lipinski definition) is 1. The second-order valence-corrected chi connectivity index (χ2v) is 9.00. The zero-order valence-electron chi connectivity index (χ0n) is 19.0. The minimum absolute atomic E-state index is 0.0579. The number of allylic oxidation sites excluding steroid dienone is 1. The molecule has 0 saturated carbocycles. The van der Waals surface area contributed by atoms with E-state index in [0.717, 1.165) is 19.4 Å². The van der Waals surface area contributed by atoms with Gasteiger partial charge in [0, 0.05) is 44.5 Å². The largest absolute Gasteiger partial charge is 0.459 e. The summed E-state index contributed by atoms with van der Waals surface area (Å²) in [6.07, 6.45) is 11.8. The van der Waals surface area contributed by atoms with E-state index in [-0.39, 0.29) is 18.0 Å². The van der Waals surface area contributed by atoms with E-state index in [1.54, 1.807) is 24.5 Å². The van der Waals surface area contributed by atoms with E-state index in [2.05, 4.69) is 56.4 Å². The highest BCUT2D eigenvalue weighted by Crippen LogP contribution is 2.37. The normalized spacial score (nSPS) is 21.9. The van der Waals surface area contributed by atoms with Gasteiger partial charge in [-0.1, -0.05) is 42.5 Å². The SMILES string of the molecule is O=C(c1cccnc1)N1CCN(C(c2ccccc2)C2C=CCCC2)C[C@@H]1Cc1nc(=O)o[nH]1. The summed E-state index contributed by atoms with van der Waals surface area (Å²) in [6.45, 7) is 2.02. The van der Waals surface area contributed by atoms with E-state index in [1.807, 2.05) is 11.0 Å². The van der Waals surface area contributed by atoms with Crippen LogP contribution in [0.2, 0.25) is 0 Å². The highest BCUT2D eigenvalue weighted by molar-refractivity contribution is 5.94. The molecule has 0 radical (unpaired) electrons. The number of carbonyl (C=O) groups excluding carboxylic acids is 1. The van der Waals surface area contributed by atoms with Crippen molar-refractivity contribution >= 4 is 5.91 Å². The second kappa shape index (κ2) is 10.2. The molecule has 1 amide bonds. The number of piperazine rings is 1. The van der Waals surface area contributed by atoms with Gasteiger partial charge in [-0.05, 0) is 42.9 Å². The Morgan fingerprint density at radius 1 is 1.18 bits per heavy atom. The van der Waals surface area contributed by atoms with Gasteiger partial charge in [0.2, 0.25) is 0 Å². The number of carbonyl (C=O) groups is 1. The molecule has 0 spiro atoms. The quantitative estimate of drug-likeness (QED) is 0.569. The Kier molecular flexibility index (Phi) is 6.67. The molecular formula is C26H29N5O3. The van der Waals surface area contributed by atoms with Gasteiger partial charge in [-0.15, -0.1) is 0 Å². The van der Waals surface area contributed by atoms with Gasteiger partial charge in [0.15, 0.2) is 0 Å². The lowest BCUT2D eigenvalue weighted by molar-refractivity contribution is 0.0262. The van der Waals surface area contributed by atoms with Gasteiger partial charge in [-0.2, -0.15) is 4.98 Å². The molecular weight excluding hydrogens is 430 g/mol.